The van der Waals surface area contributed by atoms with Crippen LogP contribution in [0.1, 0.15) is 21.7 Å². The average molecular weight is 403 g/mol. The number of carbonyl (C=O) groups excluding carboxylic acids is 1. The van der Waals surface area contributed by atoms with Gasteiger partial charge in [-0.2, -0.15) is 0 Å². The summed E-state index contributed by atoms with van der Waals surface area (Å²) in [5, 5.41) is 9.42. The molecule has 0 saturated heterocycles. The summed E-state index contributed by atoms with van der Waals surface area (Å²) in [7, 11) is 0. The van der Waals surface area contributed by atoms with Gasteiger partial charge in [-0.15, -0.1) is 11.3 Å². The van der Waals surface area contributed by atoms with Crippen molar-refractivity contribution in [2.24, 2.45) is 0 Å². The Balaban J connectivity index is 1.40. The number of nitrogens with zero attached hydrogens (tertiary/aromatic N) is 2. The summed E-state index contributed by atoms with van der Waals surface area (Å²) >= 11 is 1.39. The minimum absolute atomic E-state index is 0.286. The zero-order chi connectivity index (χ0) is 19.8. The number of rotatable bonds is 4. The van der Waals surface area contributed by atoms with E-state index in [2.05, 4.69) is 21.5 Å². The molecule has 0 fully saturated rings. The third-order valence-corrected chi connectivity index (χ3v) is 5.60. The van der Waals surface area contributed by atoms with Crippen LogP contribution in [-0.4, -0.2) is 22.7 Å². The number of aromatic nitrogens is 2. The lowest BCUT2D eigenvalue weighted by atomic mass is 10.1. The zero-order valence-corrected chi connectivity index (χ0v) is 16.5. The molecule has 0 unspecified atom stereocenters. The summed E-state index contributed by atoms with van der Waals surface area (Å²) < 4.78 is 10.8. The molecule has 6 nitrogen and oxygen atoms in total. The van der Waals surface area contributed by atoms with Crippen molar-refractivity contribution in [2.45, 2.75) is 13.3 Å². The number of hydrogen-bond donors (Lipinski definition) is 1. The molecule has 7 heteroatoms. The van der Waals surface area contributed by atoms with E-state index < -0.39 is 0 Å². The van der Waals surface area contributed by atoms with Crippen LogP contribution >= 0.6 is 11.3 Å². The fourth-order valence-corrected chi connectivity index (χ4v) is 4.12. The van der Waals surface area contributed by atoms with Crippen LogP contribution in [0.4, 0.5) is 5.13 Å². The topological polar surface area (TPSA) is 77.3 Å². The van der Waals surface area contributed by atoms with Gasteiger partial charge in [-0.3, -0.25) is 10.1 Å². The Kier molecular flexibility index (Phi) is 4.37. The fraction of sp³-hybridized carbons (Fsp3) is 0.136. The molecule has 5 rings (SSSR count). The lowest BCUT2D eigenvalue weighted by Gasteiger charge is -2.03. The molecule has 1 N–H and O–H groups in total. The molecule has 2 aromatic heterocycles. The highest BCUT2D eigenvalue weighted by Gasteiger charge is 2.22. The average Bonchev–Trinajstić information content (AvgIpc) is 3.47. The van der Waals surface area contributed by atoms with Crippen LogP contribution in [0.3, 0.4) is 0 Å². The first-order chi connectivity index (χ1) is 14.2. The molecule has 0 atom stereocenters. The van der Waals surface area contributed by atoms with Crippen LogP contribution in [0, 0.1) is 6.92 Å². The number of nitrogens with one attached hydrogen (secondary N) is 1. The maximum atomic E-state index is 12.9. The highest BCUT2D eigenvalue weighted by molar-refractivity contribution is 7.14. The molecule has 3 heterocycles. The predicted molar refractivity (Wildman–Crippen MR) is 111 cm³/mol. The first kappa shape index (κ1) is 17.6. The number of fused-ring (bicyclic) bond motifs is 1. The van der Waals surface area contributed by atoms with Gasteiger partial charge in [-0.25, -0.2) is 4.98 Å². The number of ether oxygens (including phenoxy) is 1. The molecule has 0 radical (unpaired) electrons. The Labute approximate surface area is 171 Å². The van der Waals surface area contributed by atoms with Gasteiger partial charge in [0.25, 0.3) is 5.91 Å². The zero-order valence-electron chi connectivity index (χ0n) is 15.6. The Morgan fingerprint density at radius 3 is 2.86 bits per heavy atom. The van der Waals surface area contributed by atoms with Gasteiger partial charge in [0.2, 0.25) is 0 Å². The quantitative estimate of drug-likeness (QED) is 0.521. The normalized spacial score (nSPS) is 12.4. The Morgan fingerprint density at radius 1 is 1.14 bits per heavy atom. The molecule has 2 aromatic carbocycles. The number of aryl methyl sites for hydroxylation is 1. The second-order valence-electron chi connectivity index (χ2n) is 6.74. The number of hydrogen-bond acceptors (Lipinski definition) is 6. The number of anilines is 1. The van der Waals surface area contributed by atoms with Crippen LogP contribution < -0.4 is 10.1 Å². The molecule has 0 spiro atoms. The van der Waals surface area contributed by atoms with E-state index in [0.717, 1.165) is 35.6 Å². The van der Waals surface area contributed by atoms with Gasteiger partial charge in [0.05, 0.1) is 12.3 Å². The maximum absolute atomic E-state index is 12.9. The summed E-state index contributed by atoms with van der Waals surface area (Å²) in [6.07, 6.45) is 0.909. The van der Waals surface area contributed by atoms with Crippen LogP contribution in [0.5, 0.6) is 5.75 Å². The summed E-state index contributed by atoms with van der Waals surface area (Å²) in [6.45, 7) is 2.45. The number of carbonyl (C=O) groups is 1. The van der Waals surface area contributed by atoms with Gasteiger partial charge >= 0.3 is 0 Å². The molecule has 0 bridgehead atoms. The lowest BCUT2D eigenvalue weighted by molar-refractivity contribution is 0.102. The van der Waals surface area contributed by atoms with E-state index in [4.69, 9.17) is 9.26 Å². The monoisotopic (exact) mass is 403 g/mol. The Morgan fingerprint density at radius 2 is 2.00 bits per heavy atom. The predicted octanol–water partition coefficient (Wildman–Crippen LogP) is 4.96. The highest BCUT2D eigenvalue weighted by atomic mass is 32.1. The molecule has 1 aliphatic heterocycles. The minimum atomic E-state index is -0.286. The third-order valence-electron chi connectivity index (χ3n) is 4.85. The van der Waals surface area contributed by atoms with Crippen LogP contribution in [-0.2, 0) is 6.42 Å². The number of thiazole rings is 1. The van der Waals surface area contributed by atoms with Crippen molar-refractivity contribution < 1.29 is 14.1 Å². The molecular weight excluding hydrogens is 386 g/mol. The van der Waals surface area contributed by atoms with Crippen molar-refractivity contribution in [3.05, 3.63) is 70.8 Å². The first-order valence-corrected chi connectivity index (χ1v) is 10.1. The van der Waals surface area contributed by atoms with Gasteiger partial charge in [0.1, 0.15) is 22.8 Å². The molecular formula is C22H17N3O3S. The van der Waals surface area contributed by atoms with E-state index in [1.54, 1.807) is 6.92 Å². The van der Waals surface area contributed by atoms with Crippen LogP contribution in [0.25, 0.3) is 22.5 Å². The highest BCUT2D eigenvalue weighted by Crippen LogP contribution is 2.32. The SMILES string of the molecule is Cc1onc(-c2ccccc2)c1C(=O)Nc1nc(-c2ccc3c(c2)CCO3)cs1. The second kappa shape index (κ2) is 7.18. The van der Waals surface area contributed by atoms with E-state index in [1.165, 1.54) is 16.9 Å². The van der Waals surface area contributed by atoms with Gasteiger partial charge in [-0.05, 0) is 30.7 Å². The van der Waals surface area contributed by atoms with E-state index in [9.17, 15) is 4.79 Å². The van der Waals surface area contributed by atoms with Crippen molar-refractivity contribution in [3.8, 4) is 28.3 Å². The standard InChI is InChI=1S/C22H17N3O3S/c1-13-19(20(25-28-13)14-5-3-2-4-6-14)21(26)24-22-23-17(12-29-22)15-7-8-18-16(11-15)9-10-27-18/h2-8,11-12H,9-10H2,1H3,(H,23,24,26). The molecule has 0 aliphatic carbocycles. The van der Waals surface area contributed by atoms with Crippen molar-refractivity contribution in [1.29, 1.82) is 0 Å². The third kappa shape index (κ3) is 3.30. The Hall–Kier alpha value is -3.45. The van der Waals surface area contributed by atoms with Crippen molar-refractivity contribution in [3.63, 3.8) is 0 Å². The summed E-state index contributed by atoms with van der Waals surface area (Å²) in [6, 6.07) is 15.6. The van der Waals surface area contributed by atoms with Gasteiger partial charge in [0.15, 0.2) is 5.13 Å². The molecule has 29 heavy (non-hydrogen) atoms. The minimum Gasteiger partial charge on any atom is -0.493 e. The summed E-state index contributed by atoms with van der Waals surface area (Å²) in [5.41, 5.74) is 4.80. The van der Waals surface area contributed by atoms with Crippen LogP contribution in [0.2, 0.25) is 0 Å². The van der Waals surface area contributed by atoms with E-state index in [1.807, 2.05) is 47.8 Å². The molecule has 1 aliphatic rings. The smallest absolute Gasteiger partial charge is 0.263 e. The van der Waals surface area contributed by atoms with Gasteiger partial charge in [0, 0.05) is 22.9 Å². The molecule has 144 valence electrons. The van der Waals surface area contributed by atoms with Crippen LogP contribution in [0.15, 0.2) is 58.4 Å². The summed E-state index contributed by atoms with van der Waals surface area (Å²) in [4.78, 5) is 17.5. The lowest BCUT2D eigenvalue weighted by Crippen LogP contribution is -2.13. The number of amides is 1. The van der Waals surface area contributed by atoms with Crippen molar-refractivity contribution in [2.75, 3.05) is 11.9 Å². The van der Waals surface area contributed by atoms with E-state index >= 15 is 0 Å². The van der Waals surface area contributed by atoms with Gasteiger partial charge in [-0.1, -0.05) is 35.5 Å². The van der Waals surface area contributed by atoms with E-state index in [0.29, 0.717) is 22.1 Å². The van der Waals surface area contributed by atoms with Crippen molar-refractivity contribution in [1.82, 2.24) is 10.1 Å². The molecule has 1 amide bonds. The second-order valence-corrected chi connectivity index (χ2v) is 7.60. The van der Waals surface area contributed by atoms with E-state index in [-0.39, 0.29) is 5.91 Å². The Bertz CT molecular complexity index is 1200. The molecule has 4 aromatic rings. The first-order valence-electron chi connectivity index (χ1n) is 9.24. The fourth-order valence-electron chi connectivity index (χ4n) is 3.40. The van der Waals surface area contributed by atoms with Crippen molar-refractivity contribution >= 4 is 22.4 Å². The number of benzene rings is 2. The largest absolute Gasteiger partial charge is 0.493 e. The molecule has 0 saturated carbocycles. The van der Waals surface area contributed by atoms with Gasteiger partial charge < -0.3 is 9.26 Å². The maximum Gasteiger partial charge on any atom is 0.263 e. The summed E-state index contributed by atoms with van der Waals surface area (Å²) in [5.74, 6) is 1.12.